The minimum absolute atomic E-state index is 0. The van der Waals surface area contributed by atoms with Crippen molar-refractivity contribution in [1.82, 2.24) is 10.6 Å². The highest BCUT2D eigenvalue weighted by Gasteiger charge is 2.40. The maximum absolute atomic E-state index is 14.3. The molecule has 4 nitrogen and oxygen atoms in total. The molecule has 1 saturated heterocycles. The van der Waals surface area contributed by atoms with Crippen LogP contribution in [0.2, 0.25) is 0 Å². The number of hydrogen-bond donors (Lipinski definition) is 2. The molecular weight excluding hydrogens is 350 g/mol. The summed E-state index contributed by atoms with van der Waals surface area (Å²) in [6, 6.07) is 3.97. The molecule has 1 amide bonds. The molecule has 1 heterocycles. The van der Waals surface area contributed by atoms with Crippen molar-refractivity contribution < 1.29 is 18.3 Å². The molecule has 0 spiro atoms. The molecule has 1 unspecified atom stereocenters. The summed E-state index contributed by atoms with van der Waals surface area (Å²) in [6.45, 7) is 2.19. The molecule has 1 saturated carbocycles. The van der Waals surface area contributed by atoms with Crippen LogP contribution in [0.4, 0.5) is 8.78 Å². The fourth-order valence-electron chi connectivity index (χ4n) is 3.89. The molecule has 0 aromatic heterocycles. The van der Waals surface area contributed by atoms with Crippen LogP contribution < -0.4 is 10.6 Å². The first-order valence-electron chi connectivity index (χ1n) is 8.63. The van der Waals surface area contributed by atoms with Gasteiger partial charge in [-0.25, -0.2) is 8.78 Å². The monoisotopic (exact) mass is 374 g/mol. The van der Waals surface area contributed by atoms with Crippen LogP contribution in [0, 0.1) is 11.6 Å². The zero-order valence-electron chi connectivity index (χ0n) is 14.2. The van der Waals surface area contributed by atoms with Crippen molar-refractivity contribution in [3.63, 3.8) is 0 Å². The summed E-state index contributed by atoms with van der Waals surface area (Å²) < 4.78 is 33.9. The van der Waals surface area contributed by atoms with E-state index in [1.807, 2.05) is 0 Å². The average molecular weight is 375 g/mol. The Labute approximate surface area is 153 Å². The van der Waals surface area contributed by atoms with E-state index in [2.05, 4.69) is 10.6 Å². The third-order valence-electron chi connectivity index (χ3n) is 5.11. The first-order valence-corrected chi connectivity index (χ1v) is 8.63. The molecule has 3 rings (SSSR count). The lowest BCUT2D eigenvalue weighted by Crippen LogP contribution is -2.46. The summed E-state index contributed by atoms with van der Waals surface area (Å²) in [5.41, 5.74) is -0.511. The molecule has 1 aromatic carbocycles. The van der Waals surface area contributed by atoms with Gasteiger partial charge in [-0.3, -0.25) is 4.79 Å². The highest BCUT2D eigenvalue weighted by Crippen LogP contribution is 2.42. The SMILES string of the molecule is Cl.O=C(CC1COCCN1)NCC1(c2c(F)cccc2F)CCCC1. The Hall–Kier alpha value is -1.24. The Kier molecular flexibility index (Phi) is 7.16. The van der Waals surface area contributed by atoms with Gasteiger partial charge < -0.3 is 15.4 Å². The number of ether oxygens (including phenoxy) is 1. The zero-order chi connectivity index (χ0) is 17.0. The Bertz CT molecular complexity index is 568. The number of halogens is 3. The van der Waals surface area contributed by atoms with Crippen LogP contribution in [-0.4, -0.2) is 38.3 Å². The standard InChI is InChI=1S/C18H24F2N2O2.ClH/c19-14-4-3-5-15(20)17(14)18(6-1-2-7-18)12-22-16(23)10-13-11-24-9-8-21-13;/h3-5,13,21H,1-2,6-12H2,(H,22,23);1H. The lowest BCUT2D eigenvalue weighted by molar-refractivity contribution is -0.122. The summed E-state index contributed by atoms with van der Waals surface area (Å²) in [7, 11) is 0. The summed E-state index contributed by atoms with van der Waals surface area (Å²) in [6.07, 6.45) is 3.53. The molecule has 1 atom stereocenters. The maximum Gasteiger partial charge on any atom is 0.221 e. The van der Waals surface area contributed by atoms with E-state index in [1.165, 1.54) is 18.2 Å². The van der Waals surface area contributed by atoms with E-state index in [0.29, 0.717) is 32.5 Å². The predicted molar refractivity (Wildman–Crippen MR) is 94.0 cm³/mol. The Morgan fingerprint density at radius 2 is 1.96 bits per heavy atom. The highest BCUT2D eigenvalue weighted by atomic mass is 35.5. The average Bonchev–Trinajstić information content (AvgIpc) is 3.04. The highest BCUT2D eigenvalue weighted by molar-refractivity contribution is 5.85. The molecule has 140 valence electrons. The quantitative estimate of drug-likeness (QED) is 0.833. The fraction of sp³-hybridized carbons (Fsp3) is 0.611. The van der Waals surface area contributed by atoms with E-state index in [-0.39, 0.29) is 36.5 Å². The molecular formula is C18H25ClF2N2O2. The van der Waals surface area contributed by atoms with Crippen molar-refractivity contribution in [2.24, 2.45) is 0 Å². The molecule has 2 N–H and O–H groups in total. The molecule has 0 radical (unpaired) electrons. The van der Waals surface area contributed by atoms with E-state index in [1.54, 1.807) is 0 Å². The second kappa shape index (κ2) is 8.92. The normalized spacial score (nSPS) is 22.2. The van der Waals surface area contributed by atoms with E-state index < -0.39 is 17.0 Å². The minimum atomic E-state index is -0.637. The molecule has 2 aliphatic rings. The van der Waals surface area contributed by atoms with Gasteiger partial charge in [-0.05, 0) is 25.0 Å². The molecule has 2 fully saturated rings. The number of benzene rings is 1. The van der Waals surface area contributed by atoms with Crippen LogP contribution in [0.5, 0.6) is 0 Å². The smallest absolute Gasteiger partial charge is 0.221 e. The van der Waals surface area contributed by atoms with Crippen molar-refractivity contribution >= 4 is 18.3 Å². The van der Waals surface area contributed by atoms with Gasteiger partial charge in [-0.2, -0.15) is 0 Å². The number of nitrogens with one attached hydrogen (secondary N) is 2. The van der Waals surface area contributed by atoms with Gasteiger partial charge in [-0.1, -0.05) is 18.9 Å². The van der Waals surface area contributed by atoms with Crippen LogP contribution in [-0.2, 0) is 14.9 Å². The van der Waals surface area contributed by atoms with E-state index in [9.17, 15) is 13.6 Å². The number of morpholine rings is 1. The Morgan fingerprint density at radius 3 is 2.56 bits per heavy atom. The number of rotatable bonds is 5. The predicted octanol–water partition coefficient (Wildman–Crippen LogP) is 2.69. The summed E-state index contributed by atoms with van der Waals surface area (Å²) in [5.74, 6) is -1.15. The second-order valence-electron chi connectivity index (χ2n) is 6.79. The van der Waals surface area contributed by atoms with Crippen LogP contribution >= 0.6 is 12.4 Å². The summed E-state index contributed by atoms with van der Waals surface area (Å²) >= 11 is 0. The van der Waals surface area contributed by atoms with Crippen molar-refractivity contribution in [2.75, 3.05) is 26.3 Å². The Balaban J connectivity index is 0.00000225. The van der Waals surface area contributed by atoms with E-state index in [4.69, 9.17) is 4.74 Å². The molecule has 0 bridgehead atoms. The van der Waals surface area contributed by atoms with Crippen molar-refractivity contribution in [3.05, 3.63) is 35.4 Å². The second-order valence-corrected chi connectivity index (χ2v) is 6.79. The largest absolute Gasteiger partial charge is 0.378 e. The van der Waals surface area contributed by atoms with E-state index in [0.717, 1.165) is 19.4 Å². The first-order chi connectivity index (χ1) is 11.6. The van der Waals surface area contributed by atoms with Gasteiger partial charge in [0.25, 0.3) is 0 Å². The van der Waals surface area contributed by atoms with Crippen LogP contribution in [0.3, 0.4) is 0 Å². The van der Waals surface area contributed by atoms with Crippen LogP contribution in [0.25, 0.3) is 0 Å². The van der Waals surface area contributed by atoms with Crippen molar-refractivity contribution in [3.8, 4) is 0 Å². The van der Waals surface area contributed by atoms with Gasteiger partial charge in [0.2, 0.25) is 5.91 Å². The van der Waals surface area contributed by atoms with Gasteiger partial charge in [0, 0.05) is 36.5 Å². The molecule has 25 heavy (non-hydrogen) atoms. The molecule has 1 aliphatic heterocycles. The number of carbonyl (C=O) groups is 1. The lowest BCUT2D eigenvalue weighted by Gasteiger charge is -2.31. The molecule has 1 aromatic rings. The van der Waals surface area contributed by atoms with Gasteiger partial charge in [0.1, 0.15) is 11.6 Å². The number of carbonyl (C=O) groups excluding carboxylic acids is 1. The summed E-state index contributed by atoms with van der Waals surface area (Å²) in [4.78, 5) is 12.2. The number of hydrogen-bond acceptors (Lipinski definition) is 3. The minimum Gasteiger partial charge on any atom is -0.378 e. The van der Waals surface area contributed by atoms with Gasteiger partial charge in [0.15, 0.2) is 0 Å². The van der Waals surface area contributed by atoms with E-state index >= 15 is 0 Å². The third-order valence-corrected chi connectivity index (χ3v) is 5.11. The van der Waals surface area contributed by atoms with Crippen LogP contribution in [0.15, 0.2) is 18.2 Å². The first kappa shape index (κ1) is 20.1. The van der Waals surface area contributed by atoms with Gasteiger partial charge in [-0.15, -0.1) is 12.4 Å². The van der Waals surface area contributed by atoms with Gasteiger partial charge in [0.05, 0.1) is 13.2 Å². The molecule has 7 heteroatoms. The Morgan fingerprint density at radius 1 is 1.28 bits per heavy atom. The third kappa shape index (κ3) is 4.68. The van der Waals surface area contributed by atoms with Gasteiger partial charge >= 0.3 is 0 Å². The maximum atomic E-state index is 14.3. The van der Waals surface area contributed by atoms with Crippen molar-refractivity contribution in [2.45, 2.75) is 43.6 Å². The zero-order valence-corrected chi connectivity index (χ0v) is 15.0. The van der Waals surface area contributed by atoms with Crippen LogP contribution in [0.1, 0.15) is 37.7 Å². The topological polar surface area (TPSA) is 50.4 Å². The summed E-state index contributed by atoms with van der Waals surface area (Å²) in [5, 5.41) is 6.13. The molecule has 1 aliphatic carbocycles. The lowest BCUT2D eigenvalue weighted by atomic mass is 9.78. The van der Waals surface area contributed by atoms with Crippen molar-refractivity contribution in [1.29, 1.82) is 0 Å². The number of amides is 1. The fourth-order valence-corrected chi connectivity index (χ4v) is 3.89.